The van der Waals surface area contributed by atoms with Gasteiger partial charge in [0, 0.05) is 25.4 Å². The lowest BCUT2D eigenvalue weighted by Gasteiger charge is -2.22. The average Bonchev–Trinajstić information content (AvgIpc) is 2.82. The van der Waals surface area contributed by atoms with Crippen molar-refractivity contribution in [1.29, 1.82) is 0 Å². The molecule has 0 bridgehead atoms. The lowest BCUT2D eigenvalue weighted by atomic mass is 9.99. The number of nitrogens with zero attached hydrogens (tertiary/aromatic N) is 1. The molecule has 6 heteroatoms. The van der Waals surface area contributed by atoms with Gasteiger partial charge in [-0.05, 0) is 25.2 Å². The van der Waals surface area contributed by atoms with Crippen molar-refractivity contribution in [2.75, 3.05) is 31.2 Å². The van der Waals surface area contributed by atoms with Crippen molar-refractivity contribution in [2.45, 2.75) is 32.3 Å². The summed E-state index contributed by atoms with van der Waals surface area (Å²) >= 11 is 1.60. The van der Waals surface area contributed by atoms with Crippen LogP contribution in [0.25, 0.3) is 0 Å². The van der Waals surface area contributed by atoms with E-state index in [1.54, 1.807) is 16.7 Å². The van der Waals surface area contributed by atoms with Crippen LogP contribution in [-0.4, -0.2) is 59.2 Å². The van der Waals surface area contributed by atoms with Crippen molar-refractivity contribution in [3.05, 3.63) is 0 Å². The number of carbonyl (C=O) groups is 2. The predicted molar refractivity (Wildman–Crippen MR) is 77.8 cm³/mol. The number of rotatable bonds is 5. The molecule has 2 aliphatic heterocycles. The zero-order valence-corrected chi connectivity index (χ0v) is 12.7. The number of thioether (sulfide) groups is 1. The van der Waals surface area contributed by atoms with Gasteiger partial charge in [-0.1, -0.05) is 6.92 Å². The molecular formula is C14H23NO4S. The lowest BCUT2D eigenvalue weighted by molar-refractivity contribution is -0.142. The Morgan fingerprint density at radius 2 is 2.15 bits per heavy atom. The summed E-state index contributed by atoms with van der Waals surface area (Å²) in [7, 11) is 0. The normalized spacial score (nSPS) is 30.4. The summed E-state index contributed by atoms with van der Waals surface area (Å²) in [6.45, 7) is 3.66. The molecule has 0 aromatic heterocycles. The summed E-state index contributed by atoms with van der Waals surface area (Å²) in [6, 6.07) is 0. The number of aliphatic carboxylic acids is 1. The Labute approximate surface area is 124 Å². The molecule has 2 aliphatic rings. The van der Waals surface area contributed by atoms with E-state index in [0.717, 1.165) is 25.2 Å². The predicted octanol–water partition coefficient (Wildman–Crippen LogP) is 1.47. The smallest absolute Gasteiger partial charge is 0.308 e. The van der Waals surface area contributed by atoms with Crippen LogP contribution in [0.5, 0.6) is 0 Å². The lowest BCUT2D eigenvalue weighted by Crippen LogP contribution is -2.32. The monoisotopic (exact) mass is 301 g/mol. The molecule has 20 heavy (non-hydrogen) atoms. The first-order valence-corrected chi connectivity index (χ1v) is 8.43. The molecule has 0 spiro atoms. The summed E-state index contributed by atoms with van der Waals surface area (Å²) in [4.78, 5) is 24.8. The van der Waals surface area contributed by atoms with E-state index >= 15 is 0 Å². The maximum absolute atomic E-state index is 12.1. The second kappa shape index (κ2) is 7.31. The first kappa shape index (κ1) is 15.6. The summed E-state index contributed by atoms with van der Waals surface area (Å²) in [5, 5.41) is 9.07. The van der Waals surface area contributed by atoms with Crippen LogP contribution >= 0.6 is 11.8 Å². The van der Waals surface area contributed by atoms with Crippen LogP contribution in [0.1, 0.15) is 26.2 Å². The third-order valence-electron chi connectivity index (χ3n) is 4.09. The number of carboxylic acids is 1. The highest BCUT2D eigenvalue weighted by atomic mass is 32.2. The number of carboxylic acid groups (broad SMARTS) is 1. The molecule has 2 heterocycles. The summed E-state index contributed by atoms with van der Waals surface area (Å²) in [6.07, 6.45) is 3.72. The zero-order valence-electron chi connectivity index (χ0n) is 11.9. The molecule has 5 nitrogen and oxygen atoms in total. The molecule has 2 rings (SSSR count). The Morgan fingerprint density at radius 1 is 1.35 bits per heavy atom. The van der Waals surface area contributed by atoms with E-state index in [-0.39, 0.29) is 17.9 Å². The number of hydrogen-bond acceptors (Lipinski definition) is 4. The van der Waals surface area contributed by atoms with Crippen LogP contribution in [0.15, 0.2) is 0 Å². The Balaban J connectivity index is 1.68. The number of carbonyl (C=O) groups excluding carboxylic acids is 1. The minimum atomic E-state index is -0.795. The van der Waals surface area contributed by atoms with Gasteiger partial charge in [-0.3, -0.25) is 9.59 Å². The molecule has 0 aliphatic carbocycles. The molecule has 0 aromatic carbocycles. The fourth-order valence-corrected chi connectivity index (χ4v) is 3.80. The van der Waals surface area contributed by atoms with Crippen LogP contribution in [0, 0.1) is 11.8 Å². The molecule has 1 N–H and O–H groups in total. The van der Waals surface area contributed by atoms with Gasteiger partial charge in [0.2, 0.25) is 5.91 Å². The van der Waals surface area contributed by atoms with E-state index in [1.165, 1.54) is 6.42 Å². The van der Waals surface area contributed by atoms with Gasteiger partial charge in [0.15, 0.2) is 0 Å². The van der Waals surface area contributed by atoms with Gasteiger partial charge in [0.1, 0.15) is 0 Å². The topological polar surface area (TPSA) is 66.8 Å². The third kappa shape index (κ3) is 4.12. The number of hydrogen-bond donors (Lipinski definition) is 1. The highest BCUT2D eigenvalue weighted by molar-refractivity contribution is 7.99. The maximum Gasteiger partial charge on any atom is 0.308 e. The molecule has 2 fully saturated rings. The highest BCUT2D eigenvalue weighted by Crippen LogP contribution is 2.24. The number of likely N-dealkylation sites (tertiary alicyclic amines) is 1. The van der Waals surface area contributed by atoms with Gasteiger partial charge in [-0.2, -0.15) is 0 Å². The first-order valence-electron chi connectivity index (χ1n) is 7.28. The van der Waals surface area contributed by atoms with E-state index < -0.39 is 11.9 Å². The van der Waals surface area contributed by atoms with Crippen LogP contribution in [0.2, 0.25) is 0 Å². The Hall–Kier alpha value is -0.750. The van der Waals surface area contributed by atoms with E-state index in [0.29, 0.717) is 18.8 Å². The fourth-order valence-electron chi connectivity index (χ4n) is 2.80. The second-order valence-electron chi connectivity index (χ2n) is 5.72. The Bertz CT molecular complexity index is 357. The Morgan fingerprint density at radius 3 is 2.75 bits per heavy atom. The summed E-state index contributed by atoms with van der Waals surface area (Å²) < 4.78 is 5.63. The maximum atomic E-state index is 12.1. The molecule has 114 valence electrons. The van der Waals surface area contributed by atoms with Crippen molar-refractivity contribution >= 4 is 23.6 Å². The van der Waals surface area contributed by atoms with Gasteiger partial charge in [0.25, 0.3) is 0 Å². The van der Waals surface area contributed by atoms with Crippen LogP contribution in [0.4, 0.5) is 0 Å². The standard InChI is InChI=1S/C14H23NO4S/c1-10-6-15(7-12(10)14(17)18)13(16)9-20-8-11-4-2-3-5-19-11/h10-12H,2-9H2,1H3,(H,17,18)/t10-,11?,12-/m1/s1. The van der Waals surface area contributed by atoms with Crippen LogP contribution in [-0.2, 0) is 14.3 Å². The molecule has 0 radical (unpaired) electrons. The molecule has 3 atom stereocenters. The van der Waals surface area contributed by atoms with Crippen molar-refractivity contribution in [1.82, 2.24) is 4.90 Å². The van der Waals surface area contributed by atoms with Gasteiger partial charge in [-0.15, -0.1) is 11.8 Å². The van der Waals surface area contributed by atoms with Gasteiger partial charge in [-0.25, -0.2) is 0 Å². The summed E-state index contributed by atoms with van der Waals surface area (Å²) in [5.74, 6) is 0.183. The zero-order chi connectivity index (χ0) is 14.5. The average molecular weight is 301 g/mol. The van der Waals surface area contributed by atoms with Gasteiger partial charge in [0.05, 0.1) is 17.8 Å². The van der Waals surface area contributed by atoms with Gasteiger partial charge >= 0.3 is 5.97 Å². The molecule has 2 saturated heterocycles. The quantitative estimate of drug-likeness (QED) is 0.833. The summed E-state index contributed by atoms with van der Waals surface area (Å²) in [5.41, 5.74) is 0. The van der Waals surface area contributed by atoms with E-state index in [1.807, 2.05) is 6.92 Å². The van der Waals surface area contributed by atoms with Crippen molar-refractivity contribution in [3.63, 3.8) is 0 Å². The van der Waals surface area contributed by atoms with E-state index in [2.05, 4.69) is 0 Å². The molecule has 0 saturated carbocycles. The second-order valence-corrected chi connectivity index (χ2v) is 6.75. The highest BCUT2D eigenvalue weighted by Gasteiger charge is 2.36. The molecule has 0 aromatic rings. The van der Waals surface area contributed by atoms with Crippen molar-refractivity contribution in [3.8, 4) is 0 Å². The Kier molecular flexibility index (Phi) is 5.72. The molecule has 1 amide bonds. The van der Waals surface area contributed by atoms with Crippen molar-refractivity contribution < 1.29 is 19.4 Å². The van der Waals surface area contributed by atoms with Crippen LogP contribution < -0.4 is 0 Å². The fraction of sp³-hybridized carbons (Fsp3) is 0.857. The third-order valence-corrected chi connectivity index (χ3v) is 5.14. The largest absolute Gasteiger partial charge is 0.481 e. The van der Waals surface area contributed by atoms with E-state index in [9.17, 15) is 9.59 Å². The number of ether oxygens (including phenoxy) is 1. The SMILES string of the molecule is C[C@@H]1CN(C(=O)CSCC2CCCCO2)C[C@H]1C(=O)O. The number of amides is 1. The minimum absolute atomic E-state index is 0.0446. The first-order chi connectivity index (χ1) is 9.58. The van der Waals surface area contributed by atoms with Gasteiger partial charge < -0.3 is 14.7 Å². The van der Waals surface area contributed by atoms with Crippen molar-refractivity contribution in [2.24, 2.45) is 11.8 Å². The molecule has 1 unspecified atom stereocenters. The molecular weight excluding hydrogens is 278 g/mol. The van der Waals surface area contributed by atoms with E-state index in [4.69, 9.17) is 9.84 Å². The van der Waals surface area contributed by atoms with Crippen LogP contribution in [0.3, 0.4) is 0 Å². The minimum Gasteiger partial charge on any atom is -0.481 e.